The van der Waals surface area contributed by atoms with Crippen molar-refractivity contribution in [3.8, 4) is 11.8 Å². The first-order valence-electron chi connectivity index (χ1n) is 3.29. The van der Waals surface area contributed by atoms with Gasteiger partial charge in [-0.15, -0.1) is 0 Å². The molecule has 0 saturated heterocycles. The van der Waals surface area contributed by atoms with E-state index in [9.17, 15) is 0 Å². The molecule has 0 fully saturated rings. The number of aromatic nitrogens is 2. The zero-order valence-electron chi connectivity index (χ0n) is 5.99. The Morgan fingerprint density at radius 1 is 1.45 bits per heavy atom. The van der Waals surface area contributed by atoms with Crippen LogP contribution >= 0.6 is 0 Å². The molecule has 0 aliphatic rings. The molecular weight excluding hydrogens is 140 g/mol. The van der Waals surface area contributed by atoms with Crippen molar-refractivity contribution < 1.29 is 5.11 Å². The normalized spacial score (nSPS) is 8.45. The van der Waals surface area contributed by atoms with E-state index in [0.717, 1.165) is 0 Å². The molecule has 3 heteroatoms. The van der Waals surface area contributed by atoms with Crippen LogP contribution in [0.15, 0.2) is 18.6 Å². The summed E-state index contributed by atoms with van der Waals surface area (Å²) >= 11 is 0. The lowest BCUT2D eigenvalue weighted by molar-refractivity contribution is 0.305. The average molecular weight is 148 g/mol. The van der Waals surface area contributed by atoms with E-state index >= 15 is 0 Å². The van der Waals surface area contributed by atoms with Crippen LogP contribution in [0.2, 0.25) is 0 Å². The van der Waals surface area contributed by atoms with Gasteiger partial charge in [-0.2, -0.15) is 0 Å². The summed E-state index contributed by atoms with van der Waals surface area (Å²) in [6.45, 7) is 0.0905. The molecule has 0 aliphatic heterocycles. The van der Waals surface area contributed by atoms with Gasteiger partial charge >= 0.3 is 0 Å². The first-order chi connectivity index (χ1) is 5.43. The third-order valence-corrected chi connectivity index (χ3v) is 1.02. The van der Waals surface area contributed by atoms with E-state index in [1.165, 1.54) is 0 Å². The Labute approximate surface area is 65.1 Å². The molecule has 0 radical (unpaired) electrons. The molecule has 1 rings (SSSR count). The van der Waals surface area contributed by atoms with Gasteiger partial charge in [-0.25, -0.2) is 4.98 Å². The molecule has 1 N–H and O–H groups in total. The van der Waals surface area contributed by atoms with Crippen LogP contribution in [-0.2, 0) is 0 Å². The van der Waals surface area contributed by atoms with Gasteiger partial charge in [0.15, 0.2) is 0 Å². The van der Waals surface area contributed by atoms with Crippen LogP contribution in [0.4, 0.5) is 0 Å². The molecule has 1 aromatic heterocycles. The van der Waals surface area contributed by atoms with Gasteiger partial charge < -0.3 is 5.11 Å². The fraction of sp³-hybridized carbons (Fsp3) is 0.250. The maximum absolute atomic E-state index is 8.41. The number of hydrogen-bond donors (Lipinski definition) is 1. The van der Waals surface area contributed by atoms with Crippen molar-refractivity contribution in [2.45, 2.75) is 6.42 Å². The fourth-order valence-corrected chi connectivity index (χ4v) is 0.573. The van der Waals surface area contributed by atoms with Crippen LogP contribution in [0.3, 0.4) is 0 Å². The first kappa shape index (κ1) is 7.70. The Morgan fingerprint density at radius 3 is 3.00 bits per heavy atom. The lowest BCUT2D eigenvalue weighted by Gasteiger charge is -1.84. The zero-order valence-corrected chi connectivity index (χ0v) is 5.99. The monoisotopic (exact) mass is 148 g/mol. The third kappa shape index (κ3) is 2.78. The Morgan fingerprint density at radius 2 is 2.36 bits per heavy atom. The molecule has 0 spiro atoms. The van der Waals surface area contributed by atoms with Crippen LogP contribution in [0.5, 0.6) is 0 Å². The molecule has 56 valence electrons. The Kier molecular flexibility index (Phi) is 3.10. The van der Waals surface area contributed by atoms with Crippen molar-refractivity contribution in [2.24, 2.45) is 0 Å². The molecular formula is C8H8N2O. The molecule has 0 saturated carbocycles. The highest BCUT2D eigenvalue weighted by Gasteiger charge is 1.82. The highest BCUT2D eigenvalue weighted by molar-refractivity contribution is 5.23. The summed E-state index contributed by atoms with van der Waals surface area (Å²) in [5.74, 6) is 5.51. The van der Waals surface area contributed by atoms with Crippen LogP contribution in [0.25, 0.3) is 0 Å². The van der Waals surface area contributed by atoms with Crippen molar-refractivity contribution in [1.82, 2.24) is 9.97 Å². The number of aliphatic hydroxyl groups is 1. The largest absolute Gasteiger partial charge is 0.395 e. The zero-order chi connectivity index (χ0) is 7.94. The summed E-state index contributed by atoms with van der Waals surface area (Å²) in [5.41, 5.74) is 0.640. The van der Waals surface area contributed by atoms with Gasteiger partial charge in [0, 0.05) is 18.8 Å². The van der Waals surface area contributed by atoms with Crippen LogP contribution < -0.4 is 0 Å². The van der Waals surface area contributed by atoms with Crippen molar-refractivity contribution in [3.05, 3.63) is 24.3 Å². The molecule has 0 unspecified atom stereocenters. The smallest absolute Gasteiger partial charge is 0.131 e. The van der Waals surface area contributed by atoms with E-state index < -0.39 is 0 Å². The van der Waals surface area contributed by atoms with Gasteiger partial charge in [0.2, 0.25) is 0 Å². The summed E-state index contributed by atoms with van der Waals surface area (Å²) in [7, 11) is 0. The standard InChI is InChI=1S/C8H8N2O/c11-6-2-1-3-8-7-9-4-5-10-8/h4-5,7,11H,2,6H2. The fourth-order valence-electron chi connectivity index (χ4n) is 0.573. The van der Waals surface area contributed by atoms with Gasteiger partial charge in [0.25, 0.3) is 0 Å². The van der Waals surface area contributed by atoms with Crippen molar-refractivity contribution in [2.75, 3.05) is 6.61 Å². The maximum Gasteiger partial charge on any atom is 0.131 e. The van der Waals surface area contributed by atoms with E-state index in [4.69, 9.17) is 5.11 Å². The molecule has 0 aliphatic carbocycles. The number of aliphatic hydroxyl groups excluding tert-OH is 1. The van der Waals surface area contributed by atoms with E-state index in [1.807, 2.05) is 0 Å². The number of nitrogens with zero attached hydrogens (tertiary/aromatic N) is 2. The van der Waals surface area contributed by atoms with Gasteiger partial charge in [-0.1, -0.05) is 5.92 Å². The van der Waals surface area contributed by atoms with Gasteiger partial charge in [0.1, 0.15) is 5.69 Å². The summed E-state index contributed by atoms with van der Waals surface area (Å²) < 4.78 is 0. The predicted molar refractivity (Wildman–Crippen MR) is 40.6 cm³/mol. The van der Waals surface area contributed by atoms with Crippen LogP contribution in [0.1, 0.15) is 12.1 Å². The molecule has 0 amide bonds. The topological polar surface area (TPSA) is 46.0 Å². The SMILES string of the molecule is OCCC#Cc1cnccn1. The minimum absolute atomic E-state index is 0.0905. The summed E-state index contributed by atoms with van der Waals surface area (Å²) in [6, 6.07) is 0. The van der Waals surface area contributed by atoms with Crippen molar-refractivity contribution in [1.29, 1.82) is 0 Å². The minimum Gasteiger partial charge on any atom is -0.395 e. The third-order valence-electron chi connectivity index (χ3n) is 1.02. The molecule has 1 aromatic rings. The Hall–Kier alpha value is -1.40. The highest BCUT2D eigenvalue weighted by atomic mass is 16.2. The van der Waals surface area contributed by atoms with Gasteiger partial charge in [-0.3, -0.25) is 4.98 Å². The van der Waals surface area contributed by atoms with E-state index in [1.54, 1.807) is 18.6 Å². The Balaban J connectivity index is 2.59. The van der Waals surface area contributed by atoms with E-state index in [0.29, 0.717) is 12.1 Å². The van der Waals surface area contributed by atoms with Gasteiger partial charge in [-0.05, 0) is 5.92 Å². The second-order valence-corrected chi connectivity index (χ2v) is 1.87. The van der Waals surface area contributed by atoms with Crippen LogP contribution in [-0.4, -0.2) is 21.7 Å². The van der Waals surface area contributed by atoms with E-state index in [2.05, 4.69) is 21.8 Å². The molecule has 0 aromatic carbocycles. The average Bonchev–Trinajstić information content (AvgIpc) is 2.07. The highest BCUT2D eigenvalue weighted by Crippen LogP contribution is 1.85. The van der Waals surface area contributed by atoms with Crippen molar-refractivity contribution in [3.63, 3.8) is 0 Å². The van der Waals surface area contributed by atoms with Crippen LogP contribution in [0, 0.1) is 11.8 Å². The molecule has 0 bridgehead atoms. The number of rotatable bonds is 1. The summed E-state index contributed by atoms with van der Waals surface area (Å²) in [4.78, 5) is 7.77. The van der Waals surface area contributed by atoms with Gasteiger partial charge in [0.05, 0.1) is 12.8 Å². The molecule has 0 atom stereocenters. The second-order valence-electron chi connectivity index (χ2n) is 1.87. The predicted octanol–water partition coefficient (Wildman–Crippen LogP) is 0.210. The summed E-state index contributed by atoms with van der Waals surface area (Å²) in [6.07, 6.45) is 5.25. The lowest BCUT2D eigenvalue weighted by Crippen LogP contribution is -1.82. The molecule has 3 nitrogen and oxygen atoms in total. The minimum atomic E-state index is 0.0905. The first-order valence-corrected chi connectivity index (χ1v) is 3.29. The second kappa shape index (κ2) is 4.42. The quantitative estimate of drug-likeness (QED) is 0.579. The van der Waals surface area contributed by atoms with Crippen molar-refractivity contribution >= 4 is 0 Å². The van der Waals surface area contributed by atoms with E-state index in [-0.39, 0.29) is 6.61 Å². The lowest BCUT2D eigenvalue weighted by atomic mass is 10.4. The molecule has 1 heterocycles. The Bertz CT molecular complexity index is 260. The number of hydrogen-bond acceptors (Lipinski definition) is 3. The maximum atomic E-state index is 8.41. The molecule has 11 heavy (non-hydrogen) atoms. The summed E-state index contributed by atoms with van der Waals surface area (Å²) in [5, 5.41) is 8.41.